The lowest BCUT2D eigenvalue weighted by Crippen LogP contribution is -2.32. The Balaban J connectivity index is 3.62. The number of carbonyl (C=O) groups excluding carboxylic acids is 1. The fourth-order valence-electron chi connectivity index (χ4n) is 0.706. The number of alkyl carbamates (subject to hydrolysis) is 1. The van der Waals surface area contributed by atoms with Gasteiger partial charge in [-0.25, -0.2) is 4.79 Å². The Morgan fingerprint density at radius 3 is 2.50 bits per heavy atom. The van der Waals surface area contributed by atoms with E-state index < -0.39 is 11.7 Å². The van der Waals surface area contributed by atoms with Gasteiger partial charge in [0.25, 0.3) is 0 Å². The van der Waals surface area contributed by atoms with E-state index in [-0.39, 0.29) is 0 Å². The number of nitrogens with one attached hydrogen (secondary N) is 1. The summed E-state index contributed by atoms with van der Waals surface area (Å²) < 4.78 is 5.03. The summed E-state index contributed by atoms with van der Waals surface area (Å²) in [4.78, 5) is 11.1. The molecule has 0 aliphatic carbocycles. The molecule has 80 valence electrons. The highest BCUT2D eigenvalue weighted by atomic mass is 16.6. The molecule has 0 saturated heterocycles. The Morgan fingerprint density at radius 1 is 1.36 bits per heavy atom. The number of ether oxygens (including phenoxy) is 1. The van der Waals surface area contributed by atoms with Crippen molar-refractivity contribution in [3.63, 3.8) is 0 Å². The maximum absolute atomic E-state index is 11.1. The molecule has 0 aromatic carbocycles. The van der Waals surface area contributed by atoms with Crippen molar-refractivity contribution < 1.29 is 9.53 Å². The Hall–Kier alpha value is -1.17. The summed E-state index contributed by atoms with van der Waals surface area (Å²) in [6.07, 6.45) is 1.50. The third-order valence-electron chi connectivity index (χ3n) is 1.22. The Morgan fingerprint density at radius 2 is 2.00 bits per heavy atom. The molecular formula is C11H19NO2. The van der Waals surface area contributed by atoms with Crippen molar-refractivity contribution in [1.82, 2.24) is 5.32 Å². The Kier molecular flexibility index (Phi) is 5.78. The molecule has 0 bridgehead atoms. The van der Waals surface area contributed by atoms with Crippen molar-refractivity contribution in [2.75, 3.05) is 6.54 Å². The second-order valence-corrected chi connectivity index (χ2v) is 3.96. The molecule has 0 fully saturated rings. The summed E-state index contributed by atoms with van der Waals surface area (Å²) in [6.45, 7) is 7.91. The number of hydrogen-bond acceptors (Lipinski definition) is 2. The van der Waals surface area contributed by atoms with Crippen LogP contribution in [-0.2, 0) is 4.74 Å². The lowest BCUT2D eigenvalue weighted by molar-refractivity contribution is 0.0535. The smallest absolute Gasteiger partial charge is 0.408 e. The van der Waals surface area contributed by atoms with Gasteiger partial charge in [0.2, 0.25) is 0 Å². The third-order valence-corrected chi connectivity index (χ3v) is 1.22. The summed E-state index contributed by atoms with van der Waals surface area (Å²) >= 11 is 0. The lowest BCUT2D eigenvalue weighted by atomic mass is 10.2. The number of hydrogen-bond donors (Lipinski definition) is 1. The van der Waals surface area contributed by atoms with Gasteiger partial charge < -0.3 is 10.1 Å². The summed E-state index contributed by atoms with van der Waals surface area (Å²) in [5, 5.41) is 2.56. The molecule has 3 nitrogen and oxygen atoms in total. The van der Waals surface area contributed by atoms with Crippen molar-refractivity contribution in [3.05, 3.63) is 0 Å². The molecule has 0 rings (SSSR count). The van der Waals surface area contributed by atoms with E-state index >= 15 is 0 Å². The van der Waals surface area contributed by atoms with Crippen molar-refractivity contribution in [2.24, 2.45) is 0 Å². The zero-order chi connectivity index (χ0) is 11.0. The van der Waals surface area contributed by atoms with Gasteiger partial charge in [0.05, 0.1) is 6.54 Å². The van der Waals surface area contributed by atoms with E-state index in [1.807, 2.05) is 20.8 Å². The number of unbranched alkanes of at least 4 members (excludes halogenated alkanes) is 1. The molecule has 0 unspecified atom stereocenters. The fourth-order valence-corrected chi connectivity index (χ4v) is 0.706. The van der Waals surface area contributed by atoms with Crippen LogP contribution in [0.3, 0.4) is 0 Å². The van der Waals surface area contributed by atoms with Crippen LogP contribution >= 0.6 is 0 Å². The monoisotopic (exact) mass is 197 g/mol. The first-order chi connectivity index (χ1) is 6.45. The molecule has 0 saturated carbocycles. The van der Waals surface area contributed by atoms with Crippen LogP contribution in [0.4, 0.5) is 4.79 Å². The van der Waals surface area contributed by atoms with Gasteiger partial charge in [-0.15, -0.1) is 5.92 Å². The lowest BCUT2D eigenvalue weighted by Gasteiger charge is -2.18. The van der Waals surface area contributed by atoms with Gasteiger partial charge in [-0.05, 0) is 27.2 Å². The van der Waals surface area contributed by atoms with E-state index in [9.17, 15) is 4.79 Å². The standard InChI is InChI=1S/C11H19NO2/c1-5-6-7-8-9-12-10(13)14-11(2,3)4/h5-6,9H2,1-4H3,(H,12,13). The van der Waals surface area contributed by atoms with Crippen LogP contribution in [0.1, 0.15) is 40.5 Å². The molecule has 0 spiro atoms. The fraction of sp³-hybridized carbons (Fsp3) is 0.727. The second-order valence-electron chi connectivity index (χ2n) is 3.96. The summed E-state index contributed by atoms with van der Waals surface area (Å²) in [6, 6.07) is 0. The summed E-state index contributed by atoms with van der Waals surface area (Å²) in [5.74, 6) is 5.77. The highest BCUT2D eigenvalue weighted by Crippen LogP contribution is 2.05. The maximum atomic E-state index is 11.1. The van der Waals surface area contributed by atoms with E-state index in [0.717, 1.165) is 12.8 Å². The minimum atomic E-state index is -0.444. The van der Waals surface area contributed by atoms with Gasteiger partial charge in [-0.1, -0.05) is 12.8 Å². The van der Waals surface area contributed by atoms with Crippen molar-refractivity contribution in [2.45, 2.75) is 46.1 Å². The number of amides is 1. The average Bonchev–Trinajstić information content (AvgIpc) is 2.00. The van der Waals surface area contributed by atoms with Crippen LogP contribution in [0.2, 0.25) is 0 Å². The van der Waals surface area contributed by atoms with Gasteiger partial charge in [0.1, 0.15) is 5.60 Å². The molecule has 0 atom stereocenters. The molecule has 0 aromatic heterocycles. The molecule has 0 heterocycles. The number of rotatable bonds is 2. The highest BCUT2D eigenvalue weighted by Gasteiger charge is 2.14. The van der Waals surface area contributed by atoms with Crippen LogP contribution in [0.5, 0.6) is 0 Å². The highest BCUT2D eigenvalue weighted by molar-refractivity contribution is 5.67. The van der Waals surface area contributed by atoms with Gasteiger partial charge in [-0.3, -0.25) is 0 Å². The molecule has 3 heteroatoms. The Bertz CT molecular complexity index is 230. The van der Waals surface area contributed by atoms with Gasteiger partial charge in [-0.2, -0.15) is 0 Å². The molecule has 0 radical (unpaired) electrons. The van der Waals surface area contributed by atoms with Crippen molar-refractivity contribution >= 4 is 6.09 Å². The average molecular weight is 197 g/mol. The van der Waals surface area contributed by atoms with Crippen LogP contribution in [0.15, 0.2) is 0 Å². The molecular weight excluding hydrogens is 178 g/mol. The predicted octanol–water partition coefficient (Wildman–Crippen LogP) is 2.31. The van der Waals surface area contributed by atoms with E-state index in [2.05, 4.69) is 24.1 Å². The Labute approximate surface area is 86.2 Å². The first-order valence-corrected chi connectivity index (χ1v) is 4.88. The van der Waals surface area contributed by atoms with Crippen molar-refractivity contribution in [1.29, 1.82) is 0 Å². The van der Waals surface area contributed by atoms with Crippen LogP contribution in [0, 0.1) is 11.8 Å². The molecule has 0 aromatic rings. The normalized spacial score (nSPS) is 10.0. The molecule has 1 amide bonds. The summed E-state index contributed by atoms with van der Waals surface area (Å²) in [5.41, 5.74) is -0.444. The first kappa shape index (κ1) is 12.8. The van der Waals surface area contributed by atoms with Crippen LogP contribution < -0.4 is 5.32 Å². The quantitative estimate of drug-likeness (QED) is 0.690. The van der Waals surface area contributed by atoms with E-state index in [1.165, 1.54) is 0 Å². The van der Waals surface area contributed by atoms with Gasteiger partial charge >= 0.3 is 6.09 Å². The third kappa shape index (κ3) is 8.92. The minimum Gasteiger partial charge on any atom is -0.444 e. The zero-order valence-electron chi connectivity index (χ0n) is 9.44. The SMILES string of the molecule is CCCC#CCNC(=O)OC(C)(C)C. The first-order valence-electron chi connectivity index (χ1n) is 4.88. The van der Waals surface area contributed by atoms with Crippen LogP contribution in [0.25, 0.3) is 0 Å². The van der Waals surface area contributed by atoms with E-state index in [4.69, 9.17) is 4.74 Å². The topological polar surface area (TPSA) is 38.3 Å². The molecule has 1 N–H and O–H groups in total. The van der Waals surface area contributed by atoms with Crippen LogP contribution in [-0.4, -0.2) is 18.2 Å². The largest absolute Gasteiger partial charge is 0.444 e. The molecule has 0 aliphatic rings. The van der Waals surface area contributed by atoms with E-state index in [1.54, 1.807) is 0 Å². The maximum Gasteiger partial charge on any atom is 0.408 e. The molecule has 14 heavy (non-hydrogen) atoms. The second kappa shape index (κ2) is 6.31. The summed E-state index contributed by atoms with van der Waals surface area (Å²) in [7, 11) is 0. The minimum absolute atomic E-state index is 0.356. The number of carbonyl (C=O) groups is 1. The van der Waals surface area contributed by atoms with Gasteiger partial charge in [0, 0.05) is 6.42 Å². The van der Waals surface area contributed by atoms with Gasteiger partial charge in [0.15, 0.2) is 0 Å². The predicted molar refractivity (Wildman–Crippen MR) is 56.9 cm³/mol. The molecule has 0 aliphatic heterocycles. The zero-order valence-corrected chi connectivity index (χ0v) is 9.44. The van der Waals surface area contributed by atoms with E-state index in [0.29, 0.717) is 6.54 Å². The van der Waals surface area contributed by atoms with Crippen molar-refractivity contribution in [3.8, 4) is 11.8 Å².